The van der Waals surface area contributed by atoms with E-state index >= 15 is 0 Å². The first-order valence-corrected chi connectivity index (χ1v) is 20.3. The van der Waals surface area contributed by atoms with Gasteiger partial charge in [-0.3, -0.25) is 9.59 Å². The summed E-state index contributed by atoms with van der Waals surface area (Å²) in [6.45, 7) is 4.53. The highest BCUT2D eigenvalue weighted by molar-refractivity contribution is 5.72. The fourth-order valence-corrected chi connectivity index (χ4v) is 5.47. The van der Waals surface area contributed by atoms with Crippen LogP contribution in [0.5, 0.6) is 0 Å². The summed E-state index contributed by atoms with van der Waals surface area (Å²) in [5.74, 6) is -1.52. The van der Waals surface area contributed by atoms with Gasteiger partial charge in [0.25, 0.3) is 0 Å². The number of allylic oxidation sites excluding steroid dienone is 10. The number of carboxylic acid groups (broad SMARTS) is 1. The van der Waals surface area contributed by atoms with Crippen LogP contribution in [0.3, 0.4) is 0 Å². The van der Waals surface area contributed by atoms with Crippen LogP contribution in [0, 0.1) is 0 Å². The number of carbonyl (C=O) groups excluding carboxylic acids is 2. The Hall–Kier alpha value is -2.97. The summed E-state index contributed by atoms with van der Waals surface area (Å²) in [5.41, 5.74) is 0. The molecule has 0 spiro atoms. The zero-order chi connectivity index (χ0) is 38.5. The molecule has 0 aromatic carbocycles. The van der Waals surface area contributed by atoms with Gasteiger partial charge >= 0.3 is 17.9 Å². The van der Waals surface area contributed by atoms with Crippen LogP contribution in [0.15, 0.2) is 60.8 Å². The van der Waals surface area contributed by atoms with E-state index in [4.69, 9.17) is 14.2 Å². The van der Waals surface area contributed by atoms with Gasteiger partial charge in [0.1, 0.15) is 6.61 Å². The van der Waals surface area contributed by atoms with Crippen LogP contribution in [-0.2, 0) is 28.6 Å². The van der Waals surface area contributed by atoms with Gasteiger partial charge < -0.3 is 23.8 Å². The first-order chi connectivity index (χ1) is 25.1. The Labute approximate surface area is 318 Å². The average Bonchev–Trinajstić information content (AvgIpc) is 3.09. The van der Waals surface area contributed by atoms with E-state index < -0.39 is 18.1 Å². The number of aliphatic carboxylic acids is 1. The summed E-state index contributed by atoms with van der Waals surface area (Å²) in [6.07, 6.45) is 41.2. The smallest absolute Gasteiger partial charge is 0.362 e. The van der Waals surface area contributed by atoms with E-state index in [0.717, 1.165) is 89.9 Å². The maximum atomic E-state index is 12.7. The predicted molar refractivity (Wildman–Crippen MR) is 215 cm³/mol. The highest BCUT2D eigenvalue weighted by Gasteiger charge is 2.31. The van der Waals surface area contributed by atoms with Gasteiger partial charge in [-0.1, -0.05) is 120 Å². The zero-order valence-corrected chi connectivity index (χ0v) is 33.7. The molecular formula is C44H76NO7+. The van der Waals surface area contributed by atoms with Gasteiger partial charge in [0, 0.05) is 19.3 Å². The lowest BCUT2D eigenvalue weighted by Crippen LogP contribution is -2.50. The van der Waals surface area contributed by atoms with Crippen molar-refractivity contribution in [3.63, 3.8) is 0 Å². The Morgan fingerprint density at radius 1 is 0.596 bits per heavy atom. The highest BCUT2D eigenvalue weighted by Crippen LogP contribution is 2.12. The molecule has 1 N–H and O–H groups in total. The van der Waals surface area contributed by atoms with E-state index in [2.05, 4.69) is 74.6 Å². The molecule has 8 nitrogen and oxygen atoms in total. The van der Waals surface area contributed by atoms with Crippen LogP contribution in [0.4, 0.5) is 0 Å². The molecule has 0 saturated heterocycles. The molecule has 2 atom stereocenters. The second-order valence-corrected chi connectivity index (χ2v) is 14.5. The second-order valence-electron chi connectivity index (χ2n) is 14.5. The maximum Gasteiger partial charge on any atom is 0.362 e. The molecule has 298 valence electrons. The third-order valence-electron chi connectivity index (χ3n) is 8.65. The van der Waals surface area contributed by atoms with Crippen molar-refractivity contribution < 1.29 is 38.2 Å². The number of carboxylic acids is 1. The van der Waals surface area contributed by atoms with E-state index in [0.29, 0.717) is 19.3 Å². The van der Waals surface area contributed by atoms with Gasteiger partial charge in [0.2, 0.25) is 0 Å². The Morgan fingerprint density at radius 3 is 1.62 bits per heavy atom. The van der Waals surface area contributed by atoms with Crippen LogP contribution in [0.1, 0.15) is 149 Å². The van der Waals surface area contributed by atoms with Crippen LogP contribution in [-0.4, -0.2) is 80.6 Å². The molecule has 0 heterocycles. The van der Waals surface area contributed by atoms with E-state index in [1.54, 1.807) is 0 Å². The van der Waals surface area contributed by atoms with E-state index in [-0.39, 0.29) is 36.2 Å². The number of rotatable bonds is 35. The number of unbranched alkanes of at least 4 members (excludes halogenated alkanes) is 11. The van der Waals surface area contributed by atoms with Crippen molar-refractivity contribution in [3.05, 3.63) is 60.8 Å². The molecule has 0 fully saturated rings. The SMILES string of the molecule is CC/C=C\C/C=C\C/C=C\C/C=C\CCCCCCC(=O)OC(COCCC(C(=O)O)[N+](C)(C)C)COC(=O)CCCCCCC/C=C\CCCC. The second kappa shape index (κ2) is 35.1. The summed E-state index contributed by atoms with van der Waals surface area (Å²) in [4.78, 5) is 36.8. The monoisotopic (exact) mass is 731 g/mol. The van der Waals surface area contributed by atoms with Gasteiger partial charge in [-0.05, 0) is 70.6 Å². The van der Waals surface area contributed by atoms with Crippen molar-refractivity contribution in [3.8, 4) is 0 Å². The van der Waals surface area contributed by atoms with Crippen molar-refractivity contribution in [1.29, 1.82) is 0 Å². The summed E-state index contributed by atoms with van der Waals surface area (Å²) < 4.78 is 17.2. The Balaban J connectivity index is 4.45. The molecule has 8 heteroatoms. The normalized spacial score (nSPS) is 13.6. The lowest BCUT2D eigenvalue weighted by Gasteiger charge is -2.31. The minimum absolute atomic E-state index is 0.0459. The zero-order valence-electron chi connectivity index (χ0n) is 33.7. The van der Waals surface area contributed by atoms with Crippen LogP contribution in [0.25, 0.3) is 0 Å². The predicted octanol–water partition coefficient (Wildman–Crippen LogP) is 10.6. The number of nitrogens with zero attached hydrogens (tertiary/aromatic N) is 1. The quantitative estimate of drug-likeness (QED) is 0.0300. The Kier molecular flexibility index (Phi) is 33.1. The Bertz CT molecular complexity index is 1040. The van der Waals surface area contributed by atoms with Crippen LogP contribution in [0.2, 0.25) is 0 Å². The lowest BCUT2D eigenvalue weighted by atomic mass is 10.1. The summed E-state index contributed by atoms with van der Waals surface area (Å²) in [5, 5.41) is 9.59. The summed E-state index contributed by atoms with van der Waals surface area (Å²) >= 11 is 0. The number of hydrogen-bond acceptors (Lipinski definition) is 6. The van der Waals surface area contributed by atoms with Crippen LogP contribution >= 0.6 is 0 Å². The summed E-state index contributed by atoms with van der Waals surface area (Å²) in [6, 6.07) is -0.621. The number of ether oxygens (including phenoxy) is 3. The molecule has 52 heavy (non-hydrogen) atoms. The number of esters is 2. The molecule has 0 aliphatic carbocycles. The first-order valence-electron chi connectivity index (χ1n) is 20.3. The topological polar surface area (TPSA) is 99.1 Å². The molecule has 2 unspecified atom stereocenters. The Morgan fingerprint density at radius 2 is 1.08 bits per heavy atom. The maximum absolute atomic E-state index is 12.7. The minimum Gasteiger partial charge on any atom is -0.477 e. The molecule has 0 amide bonds. The van der Waals surface area contributed by atoms with Crippen molar-refractivity contribution >= 4 is 17.9 Å². The molecule has 0 radical (unpaired) electrons. The minimum atomic E-state index is -0.884. The van der Waals surface area contributed by atoms with E-state index in [1.807, 2.05) is 21.1 Å². The third kappa shape index (κ3) is 32.9. The molecule has 0 aromatic heterocycles. The third-order valence-corrected chi connectivity index (χ3v) is 8.65. The van der Waals surface area contributed by atoms with Gasteiger partial charge in [-0.15, -0.1) is 0 Å². The lowest BCUT2D eigenvalue weighted by molar-refractivity contribution is -0.887. The van der Waals surface area contributed by atoms with Gasteiger partial charge in [0.05, 0.1) is 34.4 Å². The number of likely N-dealkylation sites (N-methyl/N-ethyl adjacent to an activating group) is 1. The highest BCUT2D eigenvalue weighted by atomic mass is 16.6. The van der Waals surface area contributed by atoms with Crippen LogP contribution < -0.4 is 0 Å². The number of carbonyl (C=O) groups is 3. The van der Waals surface area contributed by atoms with Crippen molar-refractivity contribution in [2.24, 2.45) is 0 Å². The molecular weight excluding hydrogens is 654 g/mol. The van der Waals surface area contributed by atoms with Crippen molar-refractivity contribution in [2.75, 3.05) is 41.0 Å². The van der Waals surface area contributed by atoms with E-state index in [9.17, 15) is 19.5 Å². The fraction of sp³-hybridized carbons (Fsp3) is 0.705. The van der Waals surface area contributed by atoms with Gasteiger partial charge in [-0.2, -0.15) is 0 Å². The standard InChI is InChI=1S/C44H75NO7/c1-6-8-10-12-14-16-18-19-20-21-22-23-25-27-29-31-33-35-43(47)52-40(38-50-37-36-41(44(48)49)45(3,4)5)39-51-42(46)34-32-30-28-26-24-17-15-13-11-9-7-2/h8,10,13-16,19-20,22-23,40-41H,6-7,9,11-12,17-18,21,24-39H2,1-5H3/p+1/b10-8-,15-13-,16-14-,20-19-,23-22-. The molecule has 0 aliphatic heterocycles. The number of hydrogen-bond donors (Lipinski definition) is 1. The average molecular weight is 731 g/mol. The fourth-order valence-electron chi connectivity index (χ4n) is 5.47. The molecule has 0 bridgehead atoms. The van der Waals surface area contributed by atoms with E-state index in [1.165, 1.54) is 25.7 Å². The molecule has 0 rings (SSSR count). The van der Waals surface area contributed by atoms with Crippen molar-refractivity contribution in [1.82, 2.24) is 0 Å². The number of quaternary nitrogens is 1. The summed E-state index contributed by atoms with van der Waals surface area (Å²) in [7, 11) is 5.50. The van der Waals surface area contributed by atoms with Gasteiger partial charge in [0.15, 0.2) is 12.1 Å². The molecule has 0 aromatic rings. The largest absolute Gasteiger partial charge is 0.477 e. The molecule has 0 saturated carbocycles. The van der Waals surface area contributed by atoms with Gasteiger partial charge in [-0.25, -0.2) is 4.79 Å². The van der Waals surface area contributed by atoms with Crippen molar-refractivity contribution in [2.45, 2.75) is 161 Å². The first kappa shape index (κ1) is 49.0. The molecule has 0 aliphatic rings.